The highest BCUT2D eigenvalue weighted by atomic mass is 16.6. The molecule has 0 aliphatic rings. The van der Waals surface area contributed by atoms with Crippen molar-refractivity contribution in [2.24, 2.45) is 5.73 Å². The fraction of sp³-hybridized carbons (Fsp3) is 0.333. The van der Waals surface area contributed by atoms with Gasteiger partial charge in [0, 0.05) is 18.7 Å². The highest BCUT2D eigenvalue weighted by molar-refractivity contribution is 5.36. The molecule has 0 spiro atoms. The van der Waals surface area contributed by atoms with Gasteiger partial charge in [-0.3, -0.25) is 10.1 Å². The molecule has 0 saturated heterocycles. The Kier molecular flexibility index (Phi) is 3.41. The van der Waals surface area contributed by atoms with E-state index < -0.39 is 4.92 Å². The maximum absolute atomic E-state index is 10.3. The molecule has 0 aliphatic carbocycles. The Bertz CT molecular complexity index is 310. The maximum atomic E-state index is 10.3. The summed E-state index contributed by atoms with van der Waals surface area (Å²) >= 11 is 0. The largest absolute Gasteiger partial charge is 0.489 e. The van der Waals surface area contributed by atoms with Gasteiger partial charge in [-0.2, -0.15) is 0 Å². The van der Waals surface area contributed by atoms with Crippen molar-refractivity contribution in [3.63, 3.8) is 0 Å². The minimum atomic E-state index is -0.448. The Labute approximate surface area is 81.6 Å². The smallest absolute Gasteiger partial charge is 0.269 e. The van der Waals surface area contributed by atoms with Gasteiger partial charge in [0.15, 0.2) is 0 Å². The fourth-order valence-electron chi connectivity index (χ4n) is 0.927. The van der Waals surface area contributed by atoms with Gasteiger partial charge in [0.2, 0.25) is 0 Å². The minimum Gasteiger partial charge on any atom is -0.489 e. The number of nitro groups is 1. The molecule has 0 aromatic heterocycles. The Morgan fingerprint density at radius 2 is 2.07 bits per heavy atom. The minimum absolute atomic E-state index is 0.0535. The molecule has 76 valence electrons. The topological polar surface area (TPSA) is 78.4 Å². The molecule has 1 rings (SSSR count). The number of benzene rings is 1. The molecule has 0 radical (unpaired) electrons. The number of nitrogens with zero attached hydrogens (tertiary/aromatic N) is 1. The van der Waals surface area contributed by atoms with Crippen LogP contribution >= 0.6 is 0 Å². The molecule has 14 heavy (non-hydrogen) atoms. The van der Waals surface area contributed by atoms with Crippen LogP contribution in [0.15, 0.2) is 24.3 Å². The van der Waals surface area contributed by atoms with Gasteiger partial charge in [-0.15, -0.1) is 0 Å². The molecular weight excluding hydrogens is 184 g/mol. The predicted molar refractivity (Wildman–Crippen MR) is 52.2 cm³/mol. The first-order valence-corrected chi connectivity index (χ1v) is 4.24. The number of hydrogen-bond donors (Lipinski definition) is 1. The molecule has 0 bridgehead atoms. The third-order valence-corrected chi connectivity index (χ3v) is 1.72. The molecule has 0 fully saturated rings. The summed E-state index contributed by atoms with van der Waals surface area (Å²) < 4.78 is 5.35. The number of rotatable bonds is 4. The van der Waals surface area contributed by atoms with E-state index >= 15 is 0 Å². The molecular formula is C9H12N2O3. The molecule has 5 heteroatoms. The average Bonchev–Trinajstić information content (AvgIpc) is 2.18. The van der Waals surface area contributed by atoms with Crippen molar-refractivity contribution in [3.05, 3.63) is 34.4 Å². The summed E-state index contributed by atoms with van der Waals surface area (Å²) in [6.45, 7) is 2.25. The van der Waals surface area contributed by atoms with E-state index in [1.165, 1.54) is 12.1 Å². The van der Waals surface area contributed by atoms with E-state index in [0.717, 1.165) is 0 Å². The van der Waals surface area contributed by atoms with Gasteiger partial charge in [0.05, 0.1) is 4.92 Å². The zero-order chi connectivity index (χ0) is 10.6. The molecule has 1 aromatic carbocycles. The van der Waals surface area contributed by atoms with Crippen molar-refractivity contribution in [1.29, 1.82) is 0 Å². The van der Waals surface area contributed by atoms with Gasteiger partial charge in [-0.05, 0) is 19.1 Å². The lowest BCUT2D eigenvalue weighted by Gasteiger charge is -2.11. The third-order valence-electron chi connectivity index (χ3n) is 1.72. The van der Waals surface area contributed by atoms with Crippen LogP contribution in [0.3, 0.4) is 0 Å². The first-order valence-electron chi connectivity index (χ1n) is 4.24. The second kappa shape index (κ2) is 4.57. The lowest BCUT2D eigenvalue weighted by atomic mass is 10.3. The summed E-state index contributed by atoms with van der Waals surface area (Å²) in [5.41, 5.74) is 5.42. The van der Waals surface area contributed by atoms with E-state index in [0.29, 0.717) is 12.3 Å². The second-order valence-corrected chi connectivity index (χ2v) is 2.92. The predicted octanol–water partition coefficient (Wildman–Crippen LogP) is 1.32. The van der Waals surface area contributed by atoms with Gasteiger partial charge < -0.3 is 10.5 Å². The van der Waals surface area contributed by atoms with Crippen molar-refractivity contribution in [3.8, 4) is 5.75 Å². The molecule has 1 aromatic rings. The number of non-ortho nitro benzene ring substituents is 1. The third kappa shape index (κ3) is 2.70. The maximum Gasteiger partial charge on any atom is 0.269 e. The monoisotopic (exact) mass is 196 g/mol. The quantitative estimate of drug-likeness (QED) is 0.581. The summed E-state index contributed by atoms with van der Waals surface area (Å²) in [4.78, 5) is 9.89. The van der Waals surface area contributed by atoms with Crippen LogP contribution < -0.4 is 10.5 Å². The van der Waals surface area contributed by atoms with Gasteiger partial charge in [0.1, 0.15) is 11.9 Å². The highest BCUT2D eigenvalue weighted by Gasteiger charge is 2.05. The SMILES string of the molecule is CC(CN)Oc1ccc([N+](=O)[O-])cc1. The van der Waals surface area contributed by atoms with E-state index in [2.05, 4.69) is 0 Å². The highest BCUT2D eigenvalue weighted by Crippen LogP contribution is 2.17. The Morgan fingerprint density at radius 3 is 2.50 bits per heavy atom. The summed E-state index contributed by atoms with van der Waals surface area (Å²) in [7, 11) is 0. The van der Waals surface area contributed by atoms with Gasteiger partial charge in [-0.1, -0.05) is 0 Å². The van der Waals surface area contributed by atoms with Crippen LogP contribution in [0.1, 0.15) is 6.92 Å². The van der Waals surface area contributed by atoms with E-state index in [9.17, 15) is 10.1 Å². The molecule has 1 atom stereocenters. The molecule has 0 saturated carbocycles. The zero-order valence-corrected chi connectivity index (χ0v) is 7.84. The van der Waals surface area contributed by atoms with Crippen LogP contribution in [-0.2, 0) is 0 Å². The summed E-state index contributed by atoms with van der Waals surface area (Å²) in [6, 6.07) is 5.92. The number of nitro benzene ring substituents is 1. The average molecular weight is 196 g/mol. The molecule has 1 unspecified atom stereocenters. The molecule has 0 heterocycles. The molecule has 2 N–H and O–H groups in total. The zero-order valence-electron chi connectivity index (χ0n) is 7.84. The Hall–Kier alpha value is -1.62. The van der Waals surface area contributed by atoms with Crippen LogP contribution in [0.4, 0.5) is 5.69 Å². The fourth-order valence-corrected chi connectivity index (χ4v) is 0.927. The van der Waals surface area contributed by atoms with E-state index in [4.69, 9.17) is 10.5 Å². The van der Waals surface area contributed by atoms with Crippen LogP contribution in [0.2, 0.25) is 0 Å². The number of ether oxygens (including phenoxy) is 1. The molecule has 0 amide bonds. The first-order chi connectivity index (χ1) is 6.63. The van der Waals surface area contributed by atoms with Crippen molar-refractivity contribution >= 4 is 5.69 Å². The van der Waals surface area contributed by atoms with Crippen LogP contribution in [0.5, 0.6) is 5.75 Å². The van der Waals surface area contributed by atoms with E-state index in [1.54, 1.807) is 12.1 Å². The van der Waals surface area contributed by atoms with Crippen molar-refractivity contribution < 1.29 is 9.66 Å². The standard InChI is InChI=1S/C9H12N2O3/c1-7(6-10)14-9-4-2-8(3-5-9)11(12)13/h2-5,7H,6,10H2,1H3. The normalized spacial score (nSPS) is 12.1. The number of hydrogen-bond acceptors (Lipinski definition) is 4. The first kappa shape index (κ1) is 10.5. The van der Waals surface area contributed by atoms with Crippen LogP contribution in [0.25, 0.3) is 0 Å². The summed E-state index contributed by atoms with van der Waals surface area (Å²) in [5.74, 6) is 0.591. The van der Waals surface area contributed by atoms with Crippen LogP contribution in [0, 0.1) is 10.1 Å². The van der Waals surface area contributed by atoms with E-state index in [-0.39, 0.29) is 11.8 Å². The second-order valence-electron chi connectivity index (χ2n) is 2.92. The van der Waals surface area contributed by atoms with Gasteiger partial charge >= 0.3 is 0 Å². The van der Waals surface area contributed by atoms with Crippen molar-refractivity contribution in [2.45, 2.75) is 13.0 Å². The lowest BCUT2D eigenvalue weighted by Crippen LogP contribution is -2.22. The van der Waals surface area contributed by atoms with Gasteiger partial charge in [0.25, 0.3) is 5.69 Å². The molecule has 0 aliphatic heterocycles. The molecule has 5 nitrogen and oxygen atoms in total. The summed E-state index contributed by atoms with van der Waals surface area (Å²) in [6.07, 6.45) is -0.0866. The number of nitrogens with two attached hydrogens (primary N) is 1. The summed E-state index contributed by atoms with van der Waals surface area (Å²) in [5, 5.41) is 10.3. The van der Waals surface area contributed by atoms with Crippen LogP contribution in [-0.4, -0.2) is 17.6 Å². The Morgan fingerprint density at radius 1 is 1.50 bits per heavy atom. The van der Waals surface area contributed by atoms with Crippen molar-refractivity contribution in [1.82, 2.24) is 0 Å². The lowest BCUT2D eigenvalue weighted by molar-refractivity contribution is -0.384. The van der Waals surface area contributed by atoms with Crippen molar-refractivity contribution in [2.75, 3.05) is 6.54 Å². The van der Waals surface area contributed by atoms with Gasteiger partial charge in [-0.25, -0.2) is 0 Å². The Balaban J connectivity index is 2.68. The van der Waals surface area contributed by atoms with E-state index in [1.807, 2.05) is 6.92 Å².